The quantitative estimate of drug-likeness (QED) is 0.173. The third kappa shape index (κ3) is 6.20. The van der Waals surface area contributed by atoms with Crippen LogP contribution in [0.2, 0.25) is 0 Å². The average Bonchev–Trinajstić information content (AvgIpc) is 3.50. The maximum Gasteiger partial charge on any atom is 0.245 e. The summed E-state index contributed by atoms with van der Waals surface area (Å²) in [6, 6.07) is 20.0. The van der Waals surface area contributed by atoms with Gasteiger partial charge in [-0.1, -0.05) is 107 Å². The second-order valence-corrected chi connectivity index (χ2v) is 11.3. The van der Waals surface area contributed by atoms with E-state index in [1.54, 1.807) is 0 Å². The molecule has 0 bridgehead atoms. The van der Waals surface area contributed by atoms with E-state index in [9.17, 15) is 9.59 Å². The minimum absolute atomic E-state index is 0.298. The molecule has 0 aliphatic heterocycles. The standard InChI is InChI=1S/C22H20N6O2S4/c1-15(29)27(19-23-25-21(33-19)31-13-17-9-5-3-6-10-17)28(16(2)30)20-24-26-22(34-20)32-14-18-11-7-4-8-12-18/h3-12H,13-14H2,1-2H3. The number of rotatable bonds is 8. The van der Waals surface area contributed by atoms with Crippen LogP contribution in [0.1, 0.15) is 25.0 Å². The second kappa shape index (κ2) is 11.6. The van der Waals surface area contributed by atoms with Crippen LogP contribution in [-0.2, 0) is 21.1 Å². The van der Waals surface area contributed by atoms with Crippen LogP contribution in [0.25, 0.3) is 0 Å². The first kappa shape index (κ1) is 24.3. The fourth-order valence-electron chi connectivity index (χ4n) is 2.85. The monoisotopic (exact) mass is 528 g/mol. The van der Waals surface area contributed by atoms with E-state index in [0.717, 1.165) is 22.6 Å². The van der Waals surface area contributed by atoms with Crippen molar-refractivity contribution in [3.05, 3.63) is 71.8 Å². The number of carbonyl (C=O) groups excluding carboxylic acids is 2. The smallest absolute Gasteiger partial charge is 0.245 e. The predicted octanol–water partition coefficient (Wildman–Crippen LogP) is 5.30. The highest BCUT2D eigenvalue weighted by Gasteiger charge is 2.31. The number of hydrogen-bond acceptors (Lipinski definition) is 10. The van der Waals surface area contributed by atoms with Crippen LogP contribution in [0.15, 0.2) is 69.3 Å². The number of benzene rings is 2. The first-order chi connectivity index (χ1) is 16.5. The minimum atomic E-state index is -0.375. The van der Waals surface area contributed by atoms with Gasteiger partial charge < -0.3 is 0 Å². The number of carbonyl (C=O) groups is 2. The van der Waals surface area contributed by atoms with Gasteiger partial charge in [-0.2, -0.15) is 10.0 Å². The van der Waals surface area contributed by atoms with Gasteiger partial charge in [0.1, 0.15) is 0 Å². The summed E-state index contributed by atoms with van der Waals surface area (Å²) in [5.74, 6) is 0.702. The molecule has 2 heterocycles. The number of aromatic nitrogens is 4. The zero-order valence-electron chi connectivity index (χ0n) is 18.3. The van der Waals surface area contributed by atoms with E-state index >= 15 is 0 Å². The number of thioether (sulfide) groups is 2. The highest BCUT2D eigenvalue weighted by molar-refractivity contribution is 8.00. The lowest BCUT2D eigenvalue weighted by atomic mass is 10.2. The Kier molecular flexibility index (Phi) is 8.27. The van der Waals surface area contributed by atoms with Crippen LogP contribution < -0.4 is 10.0 Å². The number of hydrazine groups is 1. The topological polar surface area (TPSA) is 92.2 Å². The maximum atomic E-state index is 12.6. The van der Waals surface area contributed by atoms with Gasteiger partial charge in [-0.05, 0) is 11.1 Å². The number of nitrogens with zero attached hydrogens (tertiary/aromatic N) is 6. The van der Waals surface area contributed by atoms with Crippen molar-refractivity contribution in [2.75, 3.05) is 10.0 Å². The molecule has 0 spiro atoms. The van der Waals surface area contributed by atoms with Crippen LogP contribution in [0, 0.1) is 0 Å². The first-order valence-electron chi connectivity index (χ1n) is 10.1. The zero-order chi connectivity index (χ0) is 23.9. The van der Waals surface area contributed by atoms with Gasteiger partial charge in [0, 0.05) is 25.4 Å². The highest BCUT2D eigenvalue weighted by Crippen LogP contribution is 2.35. The molecule has 0 aliphatic rings. The molecule has 12 heteroatoms. The summed E-state index contributed by atoms with van der Waals surface area (Å²) >= 11 is 5.54. The predicted molar refractivity (Wildman–Crippen MR) is 138 cm³/mol. The van der Waals surface area contributed by atoms with Gasteiger partial charge in [0.2, 0.25) is 22.1 Å². The Morgan fingerprint density at radius 1 is 0.676 bits per heavy atom. The minimum Gasteiger partial charge on any atom is -0.273 e. The number of anilines is 2. The van der Waals surface area contributed by atoms with Crippen molar-refractivity contribution in [1.82, 2.24) is 20.4 Å². The molecule has 2 aromatic heterocycles. The van der Waals surface area contributed by atoms with Crippen LogP contribution in [-0.4, -0.2) is 32.2 Å². The van der Waals surface area contributed by atoms with Gasteiger partial charge in [0.15, 0.2) is 8.68 Å². The van der Waals surface area contributed by atoms with Crippen molar-refractivity contribution in [3.63, 3.8) is 0 Å². The first-order valence-corrected chi connectivity index (χ1v) is 13.7. The highest BCUT2D eigenvalue weighted by atomic mass is 32.2. The van der Waals surface area contributed by atoms with Crippen molar-refractivity contribution < 1.29 is 9.59 Å². The molecule has 0 radical (unpaired) electrons. The van der Waals surface area contributed by atoms with Gasteiger partial charge in [-0.15, -0.1) is 20.4 Å². The molecule has 0 N–H and O–H groups in total. The summed E-state index contributed by atoms with van der Waals surface area (Å²) in [6.45, 7) is 2.75. The molecule has 0 saturated heterocycles. The molecule has 0 unspecified atom stereocenters. The molecule has 34 heavy (non-hydrogen) atoms. The van der Waals surface area contributed by atoms with Gasteiger partial charge in [-0.3, -0.25) is 9.59 Å². The second-order valence-electron chi connectivity index (χ2n) is 6.91. The normalized spacial score (nSPS) is 10.8. The van der Waals surface area contributed by atoms with E-state index in [1.807, 2.05) is 60.7 Å². The van der Waals surface area contributed by atoms with Crippen LogP contribution >= 0.6 is 46.2 Å². The summed E-state index contributed by atoms with van der Waals surface area (Å²) in [7, 11) is 0. The largest absolute Gasteiger partial charge is 0.273 e. The van der Waals surface area contributed by atoms with Crippen molar-refractivity contribution in [2.24, 2.45) is 0 Å². The lowest BCUT2D eigenvalue weighted by molar-refractivity contribution is -0.121. The van der Waals surface area contributed by atoms with E-state index in [1.165, 1.54) is 70.1 Å². The fourth-order valence-corrected chi connectivity index (χ4v) is 6.52. The Labute approximate surface area is 213 Å². The summed E-state index contributed by atoms with van der Waals surface area (Å²) in [5, 5.41) is 19.8. The Morgan fingerprint density at radius 3 is 1.41 bits per heavy atom. The van der Waals surface area contributed by atoms with Crippen LogP contribution in [0.4, 0.5) is 10.3 Å². The van der Waals surface area contributed by atoms with Crippen molar-refractivity contribution in [2.45, 2.75) is 34.0 Å². The van der Waals surface area contributed by atoms with E-state index in [-0.39, 0.29) is 11.8 Å². The van der Waals surface area contributed by atoms with Crippen LogP contribution in [0.5, 0.6) is 0 Å². The molecular formula is C22H20N6O2S4. The van der Waals surface area contributed by atoms with E-state index in [4.69, 9.17) is 0 Å². The van der Waals surface area contributed by atoms with E-state index in [0.29, 0.717) is 18.9 Å². The van der Waals surface area contributed by atoms with Gasteiger partial charge in [-0.25, -0.2) is 0 Å². The Morgan fingerprint density at radius 2 is 1.06 bits per heavy atom. The summed E-state index contributed by atoms with van der Waals surface area (Å²) < 4.78 is 1.40. The molecule has 0 saturated carbocycles. The van der Waals surface area contributed by atoms with Crippen molar-refractivity contribution >= 4 is 68.3 Å². The van der Waals surface area contributed by atoms with Gasteiger partial charge in [0.05, 0.1) is 0 Å². The summed E-state index contributed by atoms with van der Waals surface area (Å²) in [5.41, 5.74) is 2.32. The maximum absolute atomic E-state index is 12.6. The van der Waals surface area contributed by atoms with Gasteiger partial charge in [0.25, 0.3) is 0 Å². The third-order valence-corrected chi connectivity index (χ3v) is 8.57. The van der Waals surface area contributed by atoms with Crippen molar-refractivity contribution in [3.8, 4) is 0 Å². The van der Waals surface area contributed by atoms with Gasteiger partial charge >= 0.3 is 0 Å². The molecule has 174 valence electrons. The molecule has 4 aromatic rings. The number of hydrogen-bond donors (Lipinski definition) is 0. The van der Waals surface area contributed by atoms with Crippen LogP contribution in [0.3, 0.4) is 0 Å². The Balaban J connectivity index is 1.50. The van der Waals surface area contributed by atoms with Crippen molar-refractivity contribution in [1.29, 1.82) is 0 Å². The number of amides is 2. The zero-order valence-corrected chi connectivity index (χ0v) is 21.6. The Hall–Kier alpha value is -2.80. The molecular weight excluding hydrogens is 509 g/mol. The molecule has 4 rings (SSSR count). The summed E-state index contributed by atoms with van der Waals surface area (Å²) in [6.07, 6.45) is 0. The molecule has 0 aliphatic carbocycles. The molecule has 8 nitrogen and oxygen atoms in total. The lowest BCUT2D eigenvalue weighted by Gasteiger charge is -2.27. The Bertz CT molecular complexity index is 1150. The molecule has 2 amide bonds. The average molecular weight is 529 g/mol. The fraction of sp³-hybridized carbons (Fsp3) is 0.182. The van der Waals surface area contributed by atoms with E-state index in [2.05, 4.69) is 20.4 Å². The van der Waals surface area contributed by atoms with E-state index < -0.39 is 0 Å². The molecule has 2 aromatic carbocycles. The summed E-state index contributed by atoms with van der Waals surface area (Å²) in [4.78, 5) is 25.2. The SMILES string of the molecule is CC(=O)N(c1nnc(SCc2ccccc2)s1)N(C(C)=O)c1nnc(SCc2ccccc2)s1. The lowest BCUT2D eigenvalue weighted by Crippen LogP contribution is -2.49. The third-order valence-electron chi connectivity index (χ3n) is 4.36. The molecule has 0 fully saturated rings. The molecule has 0 atom stereocenters.